The minimum Gasteiger partial charge on any atom is -0.381 e. The van der Waals surface area contributed by atoms with E-state index < -0.39 is 0 Å². The summed E-state index contributed by atoms with van der Waals surface area (Å²) in [6.07, 6.45) is 4.97. The highest BCUT2D eigenvalue weighted by molar-refractivity contribution is 5.02. The van der Waals surface area contributed by atoms with Gasteiger partial charge in [-0.15, -0.1) is 0 Å². The summed E-state index contributed by atoms with van der Waals surface area (Å²) < 4.78 is 5.28. The number of rotatable bonds is 3. The van der Waals surface area contributed by atoms with Gasteiger partial charge >= 0.3 is 0 Å². The molecule has 2 rings (SSSR count). The largest absolute Gasteiger partial charge is 0.381 e. The van der Waals surface area contributed by atoms with E-state index in [0.717, 1.165) is 32.2 Å². The number of hydrogen-bond acceptors (Lipinski definition) is 4. The van der Waals surface area contributed by atoms with E-state index in [1.807, 2.05) is 0 Å². The summed E-state index contributed by atoms with van der Waals surface area (Å²) in [4.78, 5) is 5.65. The molecule has 1 aliphatic carbocycles. The van der Waals surface area contributed by atoms with E-state index >= 15 is 0 Å². The Labute approximate surface area is 84.3 Å². The zero-order valence-electron chi connectivity index (χ0n) is 8.48. The summed E-state index contributed by atoms with van der Waals surface area (Å²) in [6.45, 7) is 0.778. The van der Waals surface area contributed by atoms with E-state index in [4.69, 9.17) is 14.8 Å². The first-order chi connectivity index (χ1) is 6.83. The number of hydrogen-bond donors (Lipinski definition) is 0. The molecule has 0 spiro atoms. The van der Waals surface area contributed by atoms with Crippen LogP contribution < -0.4 is 0 Å². The minimum atomic E-state index is 0.00940. The quantitative estimate of drug-likeness (QED) is 0.634. The van der Waals surface area contributed by atoms with E-state index in [1.54, 1.807) is 12.2 Å². The summed E-state index contributed by atoms with van der Waals surface area (Å²) in [5.74, 6) is 0. The van der Waals surface area contributed by atoms with Crippen molar-refractivity contribution in [3.63, 3.8) is 0 Å². The fourth-order valence-electron chi connectivity index (χ4n) is 1.91. The maximum Gasteiger partial charge on any atom is 0.137 e. The number of methoxy groups -OCH3 is 1. The highest BCUT2D eigenvalue weighted by atomic mass is 16.7. The molecule has 14 heavy (non-hydrogen) atoms. The zero-order valence-corrected chi connectivity index (χ0v) is 8.48. The van der Waals surface area contributed by atoms with Crippen molar-refractivity contribution in [1.29, 1.82) is 5.26 Å². The molecule has 4 heteroatoms. The van der Waals surface area contributed by atoms with Gasteiger partial charge in [0.1, 0.15) is 6.04 Å². The van der Waals surface area contributed by atoms with Crippen LogP contribution in [0.5, 0.6) is 0 Å². The predicted molar refractivity (Wildman–Crippen MR) is 50.2 cm³/mol. The van der Waals surface area contributed by atoms with E-state index in [2.05, 4.69) is 6.07 Å². The van der Waals surface area contributed by atoms with Crippen molar-refractivity contribution < 1.29 is 9.57 Å². The van der Waals surface area contributed by atoms with Crippen LogP contribution in [0.1, 0.15) is 25.7 Å². The molecule has 2 fully saturated rings. The van der Waals surface area contributed by atoms with Gasteiger partial charge in [0.25, 0.3) is 0 Å². The van der Waals surface area contributed by atoms with Gasteiger partial charge in [-0.3, -0.25) is 4.84 Å². The van der Waals surface area contributed by atoms with Gasteiger partial charge in [0.15, 0.2) is 0 Å². The van der Waals surface area contributed by atoms with Crippen molar-refractivity contribution in [2.75, 3.05) is 13.7 Å². The summed E-state index contributed by atoms with van der Waals surface area (Å²) >= 11 is 0. The summed E-state index contributed by atoms with van der Waals surface area (Å²) in [5, 5.41) is 10.4. The van der Waals surface area contributed by atoms with Crippen LogP contribution >= 0.6 is 0 Å². The van der Waals surface area contributed by atoms with Crippen LogP contribution in [0.15, 0.2) is 0 Å². The molecule has 4 nitrogen and oxygen atoms in total. The van der Waals surface area contributed by atoms with E-state index in [0.29, 0.717) is 12.2 Å². The Hall–Kier alpha value is -0.630. The Morgan fingerprint density at radius 2 is 1.86 bits per heavy atom. The summed E-state index contributed by atoms with van der Waals surface area (Å²) in [6, 6.07) is 2.18. The first kappa shape index (κ1) is 9.91. The highest BCUT2D eigenvalue weighted by Crippen LogP contribution is 2.27. The molecule has 0 N–H and O–H groups in total. The average molecular weight is 196 g/mol. The number of nitriles is 1. The maximum atomic E-state index is 8.59. The van der Waals surface area contributed by atoms with Crippen molar-refractivity contribution in [3.8, 4) is 6.07 Å². The highest BCUT2D eigenvalue weighted by Gasteiger charge is 2.38. The molecule has 0 aromatic rings. The van der Waals surface area contributed by atoms with Gasteiger partial charge in [0.2, 0.25) is 0 Å². The lowest BCUT2D eigenvalue weighted by Gasteiger charge is -2.27. The SMILES string of the molecule is COC1CCC(ON2CC2C#N)CC1. The van der Waals surface area contributed by atoms with E-state index in [9.17, 15) is 0 Å². The first-order valence-corrected chi connectivity index (χ1v) is 5.19. The molecule has 2 atom stereocenters. The van der Waals surface area contributed by atoms with Crippen LogP contribution in [0.25, 0.3) is 0 Å². The summed E-state index contributed by atoms with van der Waals surface area (Å²) in [5.41, 5.74) is 0. The van der Waals surface area contributed by atoms with Crippen molar-refractivity contribution in [2.24, 2.45) is 0 Å². The van der Waals surface area contributed by atoms with Crippen molar-refractivity contribution in [3.05, 3.63) is 0 Å². The van der Waals surface area contributed by atoms with Gasteiger partial charge in [-0.05, 0) is 25.7 Å². The Morgan fingerprint density at radius 3 is 2.36 bits per heavy atom. The second-order valence-corrected chi connectivity index (χ2v) is 3.98. The number of hydroxylamine groups is 2. The topological polar surface area (TPSA) is 45.3 Å². The van der Waals surface area contributed by atoms with Gasteiger partial charge in [-0.1, -0.05) is 0 Å². The van der Waals surface area contributed by atoms with Crippen LogP contribution in [-0.2, 0) is 9.57 Å². The second kappa shape index (κ2) is 4.26. The van der Waals surface area contributed by atoms with Crippen molar-refractivity contribution in [2.45, 2.75) is 43.9 Å². The molecular formula is C10H16N2O2. The monoisotopic (exact) mass is 196 g/mol. The second-order valence-electron chi connectivity index (χ2n) is 3.98. The van der Waals surface area contributed by atoms with Gasteiger partial charge in [-0.25, -0.2) is 0 Å². The Bertz CT molecular complexity index is 231. The molecule has 78 valence electrons. The normalized spacial score (nSPS) is 41.7. The van der Waals surface area contributed by atoms with Gasteiger partial charge in [-0.2, -0.15) is 10.3 Å². The van der Waals surface area contributed by atoms with Crippen molar-refractivity contribution >= 4 is 0 Å². The Morgan fingerprint density at radius 1 is 1.21 bits per heavy atom. The molecule has 1 saturated carbocycles. The Kier molecular flexibility index (Phi) is 3.02. The molecule has 2 unspecified atom stereocenters. The van der Waals surface area contributed by atoms with E-state index in [1.165, 1.54) is 0 Å². The standard InChI is InChI=1S/C10H16N2O2/c1-13-9-2-4-10(5-3-9)14-12-7-8(12)6-11/h8-10H,2-5,7H2,1H3. The minimum absolute atomic E-state index is 0.00940. The molecule has 1 aliphatic heterocycles. The van der Waals surface area contributed by atoms with Crippen LogP contribution in [0.3, 0.4) is 0 Å². The molecule has 0 bridgehead atoms. The van der Waals surface area contributed by atoms with Gasteiger partial charge < -0.3 is 4.74 Å². The first-order valence-electron chi connectivity index (χ1n) is 5.19. The van der Waals surface area contributed by atoms with E-state index in [-0.39, 0.29) is 6.04 Å². The van der Waals surface area contributed by atoms with Gasteiger partial charge in [0.05, 0.1) is 24.8 Å². The molecule has 0 aromatic heterocycles. The molecule has 0 aromatic carbocycles. The lowest BCUT2D eigenvalue weighted by atomic mass is 9.95. The lowest BCUT2D eigenvalue weighted by Crippen LogP contribution is -2.27. The number of ether oxygens (including phenoxy) is 1. The maximum absolute atomic E-state index is 8.59. The smallest absolute Gasteiger partial charge is 0.137 e. The summed E-state index contributed by atoms with van der Waals surface area (Å²) in [7, 11) is 1.77. The number of nitrogens with zero attached hydrogens (tertiary/aromatic N) is 2. The van der Waals surface area contributed by atoms with Crippen LogP contribution in [-0.4, -0.2) is 37.0 Å². The fourth-order valence-corrected chi connectivity index (χ4v) is 1.91. The van der Waals surface area contributed by atoms with Gasteiger partial charge in [0, 0.05) is 7.11 Å². The molecule has 0 amide bonds. The molecule has 2 aliphatic rings. The third kappa shape index (κ3) is 2.24. The molecular weight excluding hydrogens is 180 g/mol. The molecule has 1 saturated heterocycles. The van der Waals surface area contributed by atoms with Crippen molar-refractivity contribution in [1.82, 2.24) is 5.06 Å². The lowest BCUT2D eigenvalue weighted by molar-refractivity contribution is -0.142. The van der Waals surface area contributed by atoms with Crippen LogP contribution in [0.4, 0.5) is 0 Å². The molecule has 0 radical (unpaired) electrons. The predicted octanol–water partition coefficient (Wildman–Crippen LogP) is 1.08. The average Bonchev–Trinajstić information content (AvgIpc) is 2.98. The zero-order chi connectivity index (χ0) is 9.97. The third-order valence-corrected chi connectivity index (χ3v) is 2.95. The third-order valence-electron chi connectivity index (χ3n) is 2.95. The van der Waals surface area contributed by atoms with Crippen LogP contribution in [0, 0.1) is 11.3 Å². The Balaban J connectivity index is 1.67. The fraction of sp³-hybridized carbons (Fsp3) is 0.900. The molecule has 1 heterocycles. The van der Waals surface area contributed by atoms with Crippen LogP contribution in [0.2, 0.25) is 0 Å².